The maximum Gasteiger partial charge on any atom is 0.125 e. The van der Waals surface area contributed by atoms with Gasteiger partial charge < -0.3 is 10.1 Å². The van der Waals surface area contributed by atoms with Crippen LogP contribution in [0, 0.1) is 0 Å². The van der Waals surface area contributed by atoms with E-state index in [4.69, 9.17) is 4.74 Å². The first-order chi connectivity index (χ1) is 6.27. The van der Waals surface area contributed by atoms with Crippen LogP contribution < -0.4 is 10.1 Å². The molecule has 1 aliphatic rings. The van der Waals surface area contributed by atoms with E-state index in [1.165, 1.54) is 11.3 Å². The average molecular weight is 177 g/mol. The Hall–Kier alpha value is -1.18. The summed E-state index contributed by atoms with van der Waals surface area (Å²) in [6, 6.07) is 6.19. The number of hydrogen-bond acceptors (Lipinski definition) is 2. The van der Waals surface area contributed by atoms with Gasteiger partial charge in [0.25, 0.3) is 0 Å². The SMILES string of the molecule is CC(C)Oc1cccc2c1CCN2. The Morgan fingerprint density at radius 2 is 2.23 bits per heavy atom. The van der Waals surface area contributed by atoms with Gasteiger partial charge >= 0.3 is 0 Å². The molecule has 0 unspecified atom stereocenters. The van der Waals surface area contributed by atoms with Crippen LogP contribution in [0.15, 0.2) is 18.2 Å². The van der Waals surface area contributed by atoms with Gasteiger partial charge in [-0.1, -0.05) is 6.07 Å². The van der Waals surface area contributed by atoms with Crippen molar-refractivity contribution in [3.8, 4) is 5.75 Å². The number of rotatable bonds is 2. The molecule has 1 aliphatic heterocycles. The molecule has 1 aromatic rings. The highest BCUT2D eigenvalue weighted by Gasteiger charge is 2.14. The predicted molar refractivity (Wildman–Crippen MR) is 54.4 cm³/mol. The molecule has 1 aromatic carbocycles. The summed E-state index contributed by atoms with van der Waals surface area (Å²) in [4.78, 5) is 0. The van der Waals surface area contributed by atoms with Gasteiger partial charge in [0.15, 0.2) is 0 Å². The number of nitrogens with one attached hydrogen (secondary N) is 1. The van der Waals surface area contributed by atoms with Crippen LogP contribution in [0.1, 0.15) is 19.4 Å². The lowest BCUT2D eigenvalue weighted by molar-refractivity contribution is 0.240. The molecule has 2 heteroatoms. The molecule has 0 bridgehead atoms. The second-order valence-electron chi connectivity index (χ2n) is 3.63. The molecule has 0 amide bonds. The molecule has 0 atom stereocenters. The Bertz CT molecular complexity index is 307. The largest absolute Gasteiger partial charge is 0.491 e. The van der Waals surface area contributed by atoms with Crippen molar-refractivity contribution in [1.82, 2.24) is 0 Å². The molecular formula is C11H15NO. The number of benzene rings is 1. The van der Waals surface area contributed by atoms with Crippen LogP contribution in [0.25, 0.3) is 0 Å². The van der Waals surface area contributed by atoms with Gasteiger partial charge in [-0.2, -0.15) is 0 Å². The Morgan fingerprint density at radius 1 is 1.38 bits per heavy atom. The van der Waals surface area contributed by atoms with Gasteiger partial charge in [0.2, 0.25) is 0 Å². The van der Waals surface area contributed by atoms with E-state index in [2.05, 4.69) is 25.2 Å². The second-order valence-corrected chi connectivity index (χ2v) is 3.63. The Kier molecular flexibility index (Phi) is 2.13. The van der Waals surface area contributed by atoms with E-state index in [0.29, 0.717) is 0 Å². The summed E-state index contributed by atoms with van der Waals surface area (Å²) in [6.45, 7) is 5.15. The molecule has 0 radical (unpaired) electrons. The zero-order valence-electron chi connectivity index (χ0n) is 8.13. The summed E-state index contributed by atoms with van der Waals surface area (Å²) < 4.78 is 5.72. The first-order valence-electron chi connectivity index (χ1n) is 4.80. The molecule has 13 heavy (non-hydrogen) atoms. The van der Waals surface area contributed by atoms with E-state index < -0.39 is 0 Å². The second kappa shape index (κ2) is 3.29. The van der Waals surface area contributed by atoms with E-state index in [9.17, 15) is 0 Å². The van der Waals surface area contributed by atoms with Crippen LogP contribution >= 0.6 is 0 Å². The fourth-order valence-electron chi connectivity index (χ4n) is 1.68. The fourth-order valence-corrected chi connectivity index (χ4v) is 1.68. The maximum atomic E-state index is 5.72. The molecule has 70 valence electrons. The third kappa shape index (κ3) is 1.62. The van der Waals surface area contributed by atoms with Crippen molar-refractivity contribution in [1.29, 1.82) is 0 Å². The van der Waals surface area contributed by atoms with Gasteiger partial charge in [0.1, 0.15) is 5.75 Å². The molecule has 0 saturated heterocycles. The fraction of sp³-hybridized carbons (Fsp3) is 0.455. The molecule has 0 spiro atoms. The van der Waals surface area contributed by atoms with Crippen LogP contribution in [0.2, 0.25) is 0 Å². The quantitative estimate of drug-likeness (QED) is 0.749. The van der Waals surface area contributed by atoms with Crippen molar-refractivity contribution in [2.75, 3.05) is 11.9 Å². The lowest BCUT2D eigenvalue weighted by atomic mass is 10.1. The highest BCUT2D eigenvalue weighted by atomic mass is 16.5. The molecule has 1 N–H and O–H groups in total. The first-order valence-corrected chi connectivity index (χ1v) is 4.80. The van der Waals surface area contributed by atoms with Crippen molar-refractivity contribution < 1.29 is 4.74 Å². The molecule has 0 aliphatic carbocycles. The Morgan fingerprint density at radius 3 is 3.00 bits per heavy atom. The number of ether oxygens (including phenoxy) is 1. The number of anilines is 1. The molecule has 1 heterocycles. The zero-order chi connectivity index (χ0) is 9.26. The van der Waals surface area contributed by atoms with Crippen LogP contribution in [0.4, 0.5) is 5.69 Å². The van der Waals surface area contributed by atoms with Crippen LogP contribution in [0.3, 0.4) is 0 Å². The standard InChI is InChI=1S/C11H15NO/c1-8(2)13-11-5-3-4-10-9(11)6-7-12-10/h3-5,8,12H,6-7H2,1-2H3. The molecule has 0 aromatic heterocycles. The summed E-state index contributed by atoms with van der Waals surface area (Å²) in [5.74, 6) is 1.04. The predicted octanol–water partition coefficient (Wildman–Crippen LogP) is 2.44. The monoisotopic (exact) mass is 177 g/mol. The highest BCUT2D eigenvalue weighted by molar-refractivity contribution is 5.61. The molecule has 0 saturated carbocycles. The van der Waals surface area contributed by atoms with Crippen molar-refractivity contribution in [3.05, 3.63) is 23.8 Å². The van der Waals surface area contributed by atoms with E-state index in [-0.39, 0.29) is 6.10 Å². The average Bonchev–Trinajstić information content (AvgIpc) is 2.51. The minimum absolute atomic E-state index is 0.257. The van der Waals surface area contributed by atoms with Crippen molar-refractivity contribution >= 4 is 5.69 Å². The summed E-state index contributed by atoms with van der Waals surface area (Å²) in [7, 11) is 0. The Balaban J connectivity index is 2.30. The normalized spacial score (nSPS) is 14.1. The smallest absolute Gasteiger partial charge is 0.125 e. The number of fused-ring (bicyclic) bond motifs is 1. The maximum absolute atomic E-state index is 5.72. The van der Waals surface area contributed by atoms with Gasteiger partial charge in [0.05, 0.1) is 6.10 Å². The lowest BCUT2D eigenvalue weighted by Crippen LogP contribution is -2.06. The van der Waals surface area contributed by atoms with E-state index in [0.717, 1.165) is 18.7 Å². The third-order valence-corrected chi connectivity index (χ3v) is 2.19. The Labute approximate surface area is 78.9 Å². The molecule has 0 fully saturated rings. The van der Waals surface area contributed by atoms with Crippen molar-refractivity contribution in [3.63, 3.8) is 0 Å². The molecule has 2 nitrogen and oxygen atoms in total. The van der Waals surface area contributed by atoms with Gasteiger partial charge in [-0.3, -0.25) is 0 Å². The summed E-state index contributed by atoms with van der Waals surface area (Å²) in [5, 5.41) is 3.33. The van der Waals surface area contributed by atoms with Crippen molar-refractivity contribution in [2.24, 2.45) is 0 Å². The van der Waals surface area contributed by atoms with E-state index >= 15 is 0 Å². The van der Waals surface area contributed by atoms with Crippen molar-refractivity contribution in [2.45, 2.75) is 26.4 Å². The van der Waals surface area contributed by atoms with E-state index in [1.54, 1.807) is 0 Å². The van der Waals surface area contributed by atoms with Crippen LogP contribution in [-0.4, -0.2) is 12.6 Å². The minimum Gasteiger partial charge on any atom is -0.491 e. The molecule has 2 rings (SSSR count). The van der Waals surface area contributed by atoms with Crippen LogP contribution in [0.5, 0.6) is 5.75 Å². The summed E-state index contributed by atoms with van der Waals surface area (Å²) in [6.07, 6.45) is 1.34. The highest BCUT2D eigenvalue weighted by Crippen LogP contribution is 2.31. The number of hydrogen-bond donors (Lipinski definition) is 1. The summed E-state index contributed by atoms with van der Waals surface area (Å²) >= 11 is 0. The lowest BCUT2D eigenvalue weighted by Gasteiger charge is -2.12. The third-order valence-electron chi connectivity index (χ3n) is 2.19. The van der Waals surface area contributed by atoms with Gasteiger partial charge in [-0.25, -0.2) is 0 Å². The van der Waals surface area contributed by atoms with Crippen LogP contribution in [-0.2, 0) is 6.42 Å². The summed E-state index contributed by atoms with van der Waals surface area (Å²) in [5.41, 5.74) is 2.56. The van der Waals surface area contributed by atoms with Gasteiger partial charge in [0, 0.05) is 17.8 Å². The first kappa shape index (κ1) is 8.42. The minimum atomic E-state index is 0.257. The van der Waals surface area contributed by atoms with Gasteiger partial charge in [-0.05, 0) is 32.4 Å². The van der Waals surface area contributed by atoms with Gasteiger partial charge in [-0.15, -0.1) is 0 Å². The molecular weight excluding hydrogens is 162 g/mol. The zero-order valence-corrected chi connectivity index (χ0v) is 8.13. The topological polar surface area (TPSA) is 21.3 Å². The van der Waals surface area contributed by atoms with E-state index in [1.807, 2.05) is 12.1 Å².